The van der Waals surface area contributed by atoms with E-state index in [1.165, 1.54) is 16.9 Å². The summed E-state index contributed by atoms with van der Waals surface area (Å²) in [6.45, 7) is 2.05. The highest BCUT2D eigenvalue weighted by molar-refractivity contribution is 7.22. The lowest BCUT2D eigenvalue weighted by Crippen LogP contribution is -2.14. The number of rotatable bonds is 5. The normalized spacial score (nSPS) is 10.9. The molecule has 2 aromatic heterocycles. The second kappa shape index (κ2) is 7.46. The molecule has 7 heteroatoms. The van der Waals surface area contributed by atoms with E-state index >= 15 is 0 Å². The highest BCUT2D eigenvalue weighted by Gasteiger charge is 2.13. The Kier molecular flexibility index (Phi) is 4.87. The fourth-order valence-electron chi connectivity index (χ4n) is 2.77. The van der Waals surface area contributed by atoms with Gasteiger partial charge in [0.05, 0.1) is 23.9 Å². The first kappa shape index (κ1) is 17.6. The van der Waals surface area contributed by atoms with Crippen LogP contribution < -0.4 is 10.1 Å². The second-order valence-electron chi connectivity index (χ2n) is 6.06. The van der Waals surface area contributed by atoms with E-state index in [4.69, 9.17) is 4.74 Å². The number of para-hydroxylation sites is 1. The number of methoxy groups -OCH3 is 1. The Morgan fingerprint density at radius 1 is 1.19 bits per heavy atom. The molecule has 0 spiro atoms. The third-order valence-corrected chi connectivity index (χ3v) is 5.88. The fraction of sp³-hybridized carbons (Fsp3) is 0.150. The van der Waals surface area contributed by atoms with Gasteiger partial charge in [-0.3, -0.25) is 4.79 Å². The first-order valence-corrected chi connectivity index (χ1v) is 10.1. The van der Waals surface area contributed by atoms with Crippen LogP contribution in [0, 0.1) is 6.92 Å². The molecule has 136 valence electrons. The number of benzene rings is 2. The SMILES string of the molecule is COc1cccc2sc(NC(=O)Cc3csc(-c4cccc(C)c4)n3)nc12. The molecule has 1 N–H and O–H groups in total. The zero-order chi connectivity index (χ0) is 18.8. The highest BCUT2D eigenvalue weighted by Crippen LogP contribution is 2.32. The smallest absolute Gasteiger partial charge is 0.232 e. The third kappa shape index (κ3) is 3.84. The van der Waals surface area contributed by atoms with Crippen LogP contribution in [0.2, 0.25) is 0 Å². The summed E-state index contributed by atoms with van der Waals surface area (Å²) in [5.41, 5.74) is 3.78. The van der Waals surface area contributed by atoms with E-state index in [1.54, 1.807) is 18.4 Å². The molecule has 4 rings (SSSR count). The van der Waals surface area contributed by atoms with Crippen molar-refractivity contribution in [3.63, 3.8) is 0 Å². The largest absolute Gasteiger partial charge is 0.494 e. The summed E-state index contributed by atoms with van der Waals surface area (Å²) < 4.78 is 6.29. The minimum absolute atomic E-state index is 0.130. The van der Waals surface area contributed by atoms with Crippen molar-refractivity contribution in [1.82, 2.24) is 9.97 Å². The van der Waals surface area contributed by atoms with Crippen LogP contribution in [-0.2, 0) is 11.2 Å². The minimum atomic E-state index is -0.130. The number of anilines is 1. The Bertz CT molecular complexity index is 1120. The van der Waals surface area contributed by atoms with Crippen molar-refractivity contribution in [3.8, 4) is 16.3 Å². The van der Waals surface area contributed by atoms with Crippen molar-refractivity contribution in [1.29, 1.82) is 0 Å². The van der Waals surface area contributed by atoms with E-state index in [0.29, 0.717) is 10.9 Å². The molecule has 4 aromatic rings. The van der Waals surface area contributed by atoms with Crippen LogP contribution >= 0.6 is 22.7 Å². The van der Waals surface area contributed by atoms with Gasteiger partial charge in [-0.2, -0.15) is 0 Å². The second-order valence-corrected chi connectivity index (χ2v) is 7.95. The maximum absolute atomic E-state index is 12.4. The van der Waals surface area contributed by atoms with E-state index < -0.39 is 0 Å². The van der Waals surface area contributed by atoms with Gasteiger partial charge in [0.2, 0.25) is 5.91 Å². The molecule has 2 heterocycles. The monoisotopic (exact) mass is 395 g/mol. The number of carbonyl (C=O) groups excluding carboxylic acids is 1. The summed E-state index contributed by atoms with van der Waals surface area (Å²) in [7, 11) is 1.61. The van der Waals surface area contributed by atoms with E-state index in [0.717, 1.165) is 26.5 Å². The zero-order valence-electron chi connectivity index (χ0n) is 14.9. The number of nitrogens with one attached hydrogen (secondary N) is 1. The number of aryl methyl sites for hydroxylation is 1. The zero-order valence-corrected chi connectivity index (χ0v) is 16.5. The van der Waals surface area contributed by atoms with Gasteiger partial charge in [0, 0.05) is 10.9 Å². The lowest BCUT2D eigenvalue weighted by molar-refractivity contribution is -0.115. The number of hydrogen-bond acceptors (Lipinski definition) is 6. The number of carbonyl (C=O) groups is 1. The Morgan fingerprint density at radius 2 is 2.04 bits per heavy atom. The number of fused-ring (bicyclic) bond motifs is 1. The molecule has 2 aromatic carbocycles. The van der Waals surface area contributed by atoms with Crippen LogP contribution in [0.1, 0.15) is 11.3 Å². The summed E-state index contributed by atoms with van der Waals surface area (Å²) in [6.07, 6.45) is 0.218. The van der Waals surface area contributed by atoms with Crippen LogP contribution in [-0.4, -0.2) is 23.0 Å². The van der Waals surface area contributed by atoms with Crippen LogP contribution in [0.15, 0.2) is 47.8 Å². The fourth-order valence-corrected chi connectivity index (χ4v) is 4.48. The maximum Gasteiger partial charge on any atom is 0.232 e. The van der Waals surface area contributed by atoms with Crippen molar-refractivity contribution >= 4 is 43.9 Å². The molecule has 1 amide bonds. The van der Waals surface area contributed by atoms with E-state index in [2.05, 4.69) is 34.3 Å². The molecular weight excluding hydrogens is 378 g/mol. The molecule has 0 aliphatic heterocycles. The average Bonchev–Trinajstić information content (AvgIpc) is 3.27. The first-order valence-electron chi connectivity index (χ1n) is 8.37. The van der Waals surface area contributed by atoms with Gasteiger partial charge in [0.15, 0.2) is 5.13 Å². The van der Waals surface area contributed by atoms with Crippen molar-refractivity contribution in [2.24, 2.45) is 0 Å². The lowest BCUT2D eigenvalue weighted by Gasteiger charge is -2.00. The predicted molar refractivity (Wildman–Crippen MR) is 111 cm³/mol. The molecular formula is C20H17N3O2S2. The number of nitrogens with zero attached hydrogens (tertiary/aromatic N) is 2. The quantitative estimate of drug-likeness (QED) is 0.521. The van der Waals surface area contributed by atoms with Crippen molar-refractivity contribution in [2.45, 2.75) is 13.3 Å². The number of ether oxygens (including phenoxy) is 1. The summed E-state index contributed by atoms with van der Waals surface area (Å²) in [4.78, 5) is 21.5. The van der Waals surface area contributed by atoms with Gasteiger partial charge in [0.25, 0.3) is 0 Å². The maximum atomic E-state index is 12.4. The molecule has 0 aliphatic carbocycles. The minimum Gasteiger partial charge on any atom is -0.494 e. The van der Waals surface area contributed by atoms with Gasteiger partial charge in [-0.25, -0.2) is 9.97 Å². The van der Waals surface area contributed by atoms with Crippen molar-refractivity contribution < 1.29 is 9.53 Å². The molecule has 27 heavy (non-hydrogen) atoms. The van der Waals surface area contributed by atoms with E-state index in [-0.39, 0.29) is 12.3 Å². The first-order chi connectivity index (χ1) is 13.1. The van der Waals surface area contributed by atoms with Crippen LogP contribution in [0.5, 0.6) is 5.75 Å². The Labute approximate surface area is 164 Å². The number of amides is 1. The van der Waals surface area contributed by atoms with E-state index in [9.17, 15) is 4.79 Å². The predicted octanol–water partition coefficient (Wildman–Crippen LogP) is 4.92. The molecule has 0 aliphatic rings. The molecule has 0 unspecified atom stereocenters. The van der Waals surface area contributed by atoms with Gasteiger partial charge in [-0.1, -0.05) is 41.2 Å². The molecule has 0 saturated carbocycles. The highest BCUT2D eigenvalue weighted by atomic mass is 32.1. The van der Waals surface area contributed by atoms with Gasteiger partial charge in [-0.15, -0.1) is 11.3 Å². The Morgan fingerprint density at radius 3 is 2.85 bits per heavy atom. The molecule has 0 atom stereocenters. The standard InChI is InChI=1S/C20H17N3O2S2/c1-12-5-3-6-13(9-12)19-21-14(11-26-19)10-17(24)22-20-23-18-15(25-2)7-4-8-16(18)27-20/h3-9,11H,10H2,1-2H3,(H,22,23,24). The Hall–Kier alpha value is -2.77. The van der Waals surface area contributed by atoms with Gasteiger partial charge in [-0.05, 0) is 25.1 Å². The van der Waals surface area contributed by atoms with E-state index in [1.807, 2.05) is 35.7 Å². The van der Waals surface area contributed by atoms with Crippen molar-refractivity contribution in [2.75, 3.05) is 12.4 Å². The number of aromatic nitrogens is 2. The van der Waals surface area contributed by atoms with Gasteiger partial charge < -0.3 is 10.1 Å². The molecule has 0 bridgehead atoms. The number of thiazole rings is 2. The summed E-state index contributed by atoms with van der Waals surface area (Å²) >= 11 is 2.98. The van der Waals surface area contributed by atoms with Crippen LogP contribution in [0.25, 0.3) is 20.8 Å². The third-order valence-electron chi connectivity index (χ3n) is 4.01. The molecule has 0 saturated heterocycles. The lowest BCUT2D eigenvalue weighted by atomic mass is 10.1. The summed E-state index contributed by atoms with van der Waals surface area (Å²) in [5.74, 6) is 0.570. The van der Waals surface area contributed by atoms with Crippen LogP contribution in [0.3, 0.4) is 0 Å². The topological polar surface area (TPSA) is 64.1 Å². The van der Waals surface area contributed by atoms with Gasteiger partial charge in [0.1, 0.15) is 16.3 Å². The molecule has 0 radical (unpaired) electrons. The Balaban J connectivity index is 1.47. The summed E-state index contributed by atoms with van der Waals surface area (Å²) in [5, 5.41) is 6.28. The summed E-state index contributed by atoms with van der Waals surface area (Å²) in [6, 6.07) is 13.9. The molecule has 5 nitrogen and oxygen atoms in total. The number of hydrogen-bond donors (Lipinski definition) is 1. The molecule has 0 fully saturated rings. The van der Waals surface area contributed by atoms with Gasteiger partial charge >= 0.3 is 0 Å². The average molecular weight is 396 g/mol. The van der Waals surface area contributed by atoms with Crippen LogP contribution in [0.4, 0.5) is 5.13 Å². The van der Waals surface area contributed by atoms with Crippen molar-refractivity contribution in [3.05, 3.63) is 59.1 Å².